The van der Waals surface area contributed by atoms with Crippen molar-refractivity contribution in [3.8, 4) is 5.88 Å². The minimum absolute atomic E-state index is 0.189. The molecule has 8 heteroatoms. The zero-order valence-corrected chi connectivity index (χ0v) is 11.0. The van der Waals surface area contributed by atoms with E-state index >= 15 is 0 Å². The van der Waals surface area contributed by atoms with Crippen molar-refractivity contribution in [2.75, 3.05) is 19.8 Å². The van der Waals surface area contributed by atoms with Crippen molar-refractivity contribution in [3.05, 3.63) is 11.8 Å². The van der Waals surface area contributed by atoms with Crippen molar-refractivity contribution >= 4 is 11.9 Å². The molecule has 20 heavy (non-hydrogen) atoms. The summed E-state index contributed by atoms with van der Waals surface area (Å²) in [5.74, 6) is -0.831. The maximum Gasteiger partial charge on any atom is 0.329 e. The zero-order chi connectivity index (χ0) is 14.6. The van der Waals surface area contributed by atoms with E-state index in [1.807, 2.05) is 0 Å². The topological polar surface area (TPSA) is 111 Å². The van der Waals surface area contributed by atoms with E-state index in [4.69, 9.17) is 14.0 Å². The smallest absolute Gasteiger partial charge is 0.329 e. The fourth-order valence-corrected chi connectivity index (χ4v) is 1.97. The first-order valence-corrected chi connectivity index (χ1v) is 6.20. The highest BCUT2D eigenvalue weighted by Crippen LogP contribution is 2.21. The summed E-state index contributed by atoms with van der Waals surface area (Å²) in [5, 5.41) is 15.4. The number of hydrogen-bond acceptors (Lipinski definition) is 6. The molecule has 0 atom stereocenters. The van der Waals surface area contributed by atoms with Crippen molar-refractivity contribution in [1.82, 2.24) is 10.5 Å². The third kappa shape index (κ3) is 3.27. The van der Waals surface area contributed by atoms with Crippen molar-refractivity contribution in [2.24, 2.45) is 0 Å². The first-order chi connectivity index (χ1) is 9.52. The van der Waals surface area contributed by atoms with Crippen LogP contribution in [0.2, 0.25) is 0 Å². The number of nitrogens with zero attached hydrogens (tertiary/aromatic N) is 1. The number of amides is 1. The normalized spacial score (nSPS) is 17.4. The van der Waals surface area contributed by atoms with Gasteiger partial charge < -0.3 is 24.4 Å². The Kier molecular flexibility index (Phi) is 4.23. The highest BCUT2D eigenvalue weighted by atomic mass is 16.5. The fourth-order valence-electron chi connectivity index (χ4n) is 1.97. The van der Waals surface area contributed by atoms with Crippen LogP contribution in [-0.2, 0) is 14.3 Å². The van der Waals surface area contributed by atoms with Gasteiger partial charge in [-0.25, -0.2) is 4.79 Å². The molecule has 110 valence electrons. The van der Waals surface area contributed by atoms with Crippen LogP contribution >= 0.6 is 0 Å². The van der Waals surface area contributed by atoms with Crippen molar-refractivity contribution in [2.45, 2.75) is 25.3 Å². The van der Waals surface area contributed by atoms with Crippen LogP contribution in [0, 0.1) is 6.92 Å². The van der Waals surface area contributed by atoms with Gasteiger partial charge in [-0.2, -0.15) is 0 Å². The van der Waals surface area contributed by atoms with Crippen LogP contribution < -0.4 is 10.1 Å². The number of nitrogens with one attached hydrogen (secondary N) is 1. The number of aliphatic carboxylic acids is 1. The summed E-state index contributed by atoms with van der Waals surface area (Å²) in [7, 11) is 0. The van der Waals surface area contributed by atoms with Gasteiger partial charge in [0.25, 0.3) is 11.8 Å². The Hall–Kier alpha value is -2.09. The molecule has 0 aromatic carbocycles. The van der Waals surface area contributed by atoms with E-state index in [9.17, 15) is 14.7 Å². The summed E-state index contributed by atoms with van der Waals surface area (Å²) in [6.45, 7) is 1.98. The number of rotatable bonds is 5. The highest BCUT2D eigenvalue weighted by Gasteiger charge is 2.41. The predicted molar refractivity (Wildman–Crippen MR) is 65.3 cm³/mol. The maximum absolute atomic E-state index is 11.8. The largest absolute Gasteiger partial charge is 0.480 e. The van der Waals surface area contributed by atoms with E-state index in [0.717, 1.165) is 0 Å². The molecule has 1 fully saturated rings. The Labute approximate surface area is 115 Å². The predicted octanol–water partition coefficient (Wildman–Crippen LogP) is 0.112. The van der Waals surface area contributed by atoms with Gasteiger partial charge in [-0.05, 0) is 12.1 Å². The summed E-state index contributed by atoms with van der Waals surface area (Å²) in [6, 6.07) is 1.54. The van der Waals surface area contributed by atoms with Gasteiger partial charge in [-0.15, -0.1) is 0 Å². The second-order valence-corrected chi connectivity index (χ2v) is 4.61. The molecule has 1 aromatic rings. The molecular weight excluding hydrogens is 268 g/mol. The first kappa shape index (κ1) is 14.3. The maximum atomic E-state index is 11.8. The number of carbonyl (C=O) groups is 2. The van der Waals surface area contributed by atoms with E-state index in [2.05, 4.69) is 10.5 Å². The Morgan fingerprint density at radius 3 is 2.75 bits per heavy atom. The van der Waals surface area contributed by atoms with Gasteiger partial charge in [0.1, 0.15) is 11.3 Å². The molecule has 1 amide bonds. The number of carbonyl (C=O) groups excluding carboxylic acids is 1. The Morgan fingerprint density at radius 1 is 1.50 bits per heavy atom. The Bertz CT molecular complexity index is 492. The highest BCUT2D eigenvalue weighted by molar-refractivity contribution is 5.87. The van der Waals surface area contributed by atoms with Gasteiger partial charge in [0, 0.05) is 32.1 Å². The standard InChI is InChI=1S/C12H16N2O6/c1-8-6-10(14-20-8)19-7-9(15)13-12(11(16)17)2-4-18-5-3-12/h6H,2-5,7H2,1H3,(H,13,15)(H,16,17). The summed E-state index contributed by atoms with van der Waals surface area (Å²) >= 11 is 0. The lowest BCUT2D eigenvalue weighted by atomic mass is 9.90. The van der Waals surface area contributed by atoms with E-state index < -0.39 is 17.4 Å². The number of aryl methyl sites for hydroxylation is 1. The molecule has 1 aliphatic rings. The molecule has 2 heterocycles. The van der Waals surface area contributed by atoms with E-state index in [1.165, 1.54) is 6.07 Å². The lowest BCUT2D eigenvalue weighted by molar-refractivity contribution is -0.152. The Morgan fingerprint density at radius 2 is 2.20 bits per heavy atom. The second kappa shape index (κ2) is 5.91. The number of carboxylic acids is 1. The first-order valence-electron chi connectivity index (χ1n) is 6.20. The van der Waals surface area contributed by atoms with Gasteiger partial charge in [0.05, 0.1) is 0 Å². The van der Waals surface area contributed by atoms with E-state index in [0.29, 0.717) is 19.0 Å². The van der Waals surface area contributed by atoms with Gasteiger partial charge in [0.15, 0.2) is 6.61 Å². The SMILES string of the molecule is Cc1cc(OCC(=O)NC2(C(=O)O)CCOCC2)no1. The van der Waals surface area contributed by atoms with Crippen molar-refractivity contribution in [3.63, 3.8) is 0 Å². The lowest BCUT2D eigenvalue weighted by Crippen LogP contribution is -2.58. The minimum Gasteiger partial charge on any atom is -0.480 e. The summed E-state index contributed by atoms with van der Waals surface area (Å²) in [5.41, 5.74) is -1.28. The molecule has 1 saturated heterocycles. The summed E-state index contributed by atoms with van der Waals surface area (Å²) in [6.07, 6.45) is 0.467. The molecule has 2 rings (SSSR count). The molecule has 0 unspecified atom stereocenters. The molecule has 0 bridgehead atoms. The van der Waals surface area contributed by atoms with Crippen LogP contribution in [0.3, 0.4) is 0 Å². The van der Waals surface area contributed by atoms with Gasteiger partial charge in [-0.1, -0.05) is 0 Å². The molecule has 1 aliphatic heterocycles. The average Bonchev–Trinajstić information content (AvgIpc) is 2.83. The molecule has 0 spiro atoms. The molecule has 1 aromatic heterocycles. The average molecular weight is 284 g/mol. The molecular formula is C12H16N2O6. The zero-order valence-electron chi connectivity index (χ0n) is 11.0. The second-order valence-electron chi connectivity index (χ2n) is 4.61. The summed E-state index contributed by atoms with van der Waals surface area (Å²) < 4.78 is 15.0. The van der Waals surface area contributed by atoms with Crippen LogP contribution in [-0.4, -0.2) is 47.5 Å². The monoisotopic (exact) mass is 284 g/mol. The van der Waals surface area contributed by atoms with Crippen molar-refractivity contribution < 1.29 is 28.7 Å². The number of ether oxygens (including phenoxy) is 2. The third-order valence-electron chi connectivity index (χ3n) is 3.09. The fraction of sp³-hybridized carbons (Fsp3) is 0.583. The quantitative estimate of drug-likeness (QED) is 0.789. The molecule has 8 nitrogen and oxygen atoms in total. The number of aromatic nitrogens is 1. The molecule has 0 radical (unpaired) electrons. The minimum atomic E-state index is -1.28. The lowest BCUT2D eigenvalue weighted by Gasteiger charge is -2.33. The third-order valence-corrected chi connectivity index (χ3v) is 3.09. The molecule has 0 saturated carbocycles. The summed E-state index contributed by atoms with van der Waals surface area (Å²) in [4.78, 5) is 23.2. The number of carboxylic acid groups (broad SMARTS) is 1. The van der Waals surface area contributed by atoms with Crippen LogP contribution in [0.4, 0.5) is 0 Å². The molecule has 0 aliphatic carbocycles. The van der Waals surface area contributed by atoms with Gasteiger partial charge in [0.2, 0.25) is 0 Å². The Balaban J connectivity index is 1.90. The van der Waals surface area contributed by atoms with E-state index in [1.54, 1.807) is 6.92 Å². The van der Waals surface area contributed by atoms with Crippen molar-refractivity contribution in [1.29, 1.82) is 0 Å². The van der Waals surface area contributed by atoms with Crippen LogP contribution in [0.25, 0.3) is 0 Å². The number of hydrogen-bond donors (Lipinski definition) is 2. The van der Waals surface area contributed by atoms with E-state index in [-0.39, 0.29) is 25.3 Å². The van der Waals surface area contributed by atoms with Gasteiger partial charge >= 0.3 is 5.97 Å². The van der Waals surface area contributed by atoms with Crippen LogP contribution in [0.5, 0.6) is 5.88 Å². The van der Waals surface area contributed by atoms with Gasteiger partial charge in [-0.3, -0.25) is 4.79 Å². The molecule has 2 N–H and O–H groups in total. The van der Waals surface area contributed by atoms with Crippen LogP contribution in [0.1, 0.15) is 18.6 Å². The van der Waals surface area contributed by atoms with Crippen LogP contribution in [0.15, 0.2) is 10.6 Å².